The number of methoxy groups -OCH3 is 1. The van der Waals surface area contributed by atoms with Gasteiger partial charge in [0.2, 0.25) is 5.28 Å². The number of aliphatic carboxylic acids is 1. The molecule has 2 unspecified atom stereocenters. The molecule has 2 atom stereocenters. The summed E-state index contributed by atoms with van der Waals surface area (Å²) in [5.74, 6) is -1.56. The van der Waals surface area contributed by atoms with Gasteiger partial charge in [-0.25, -0.2) is 4.79 Å². The van der Waals surface area contributed by atoms with E-state index in [9.17, 15) is 14.8 Å². The van der Waals surface area contributed by atoms with Gasteiger partial charge >= 0.3 is 12.1 Å². The van der Waals surface area contributed by atoms with E-state index in [-0.39, 0.29) is 18.1 Å². The molecule has 1 rings (SSSR count). The maximum Gasteiger partial charge on any atom is 0.511 e. The van der Waals surface area contributed by atoms with Crippen LogP contribution in [0.2, 0.25) is 0 Å². The van der Waals surface area contributed by atoms with Crippen molar-refractivity contribution in [3.63, 3.8) is 0 Å². The van der Waals surface area contributed by atoms with Crippen LogP contribution in [0.25, 0.3) is 0 Å². The summed E-state index contributed by atoms with van der Waals surface area (Å²) >= 11 is 0. The van der Waals surface area contributed by atoms with Crippen LogP contribution >= 0.6 is 0 Å². The number of carbonyl (C=O) groups excluding carboxylic acids is 1. The second-order valence-corrected chi connectivity index (χ2v) is 3.82. The molecule has 1 fully saturated rings. The van der Waals surface area contributed by atoms with E-state index in [0.717, 1.165) is 7.11 Å². The average Bonchev–Trinajstić information content (AvgIpc) is 2.85. The van der Waals surface area contributed by atoms with Gasteiger partial charge in [0.1, 0.15) is 0 Å². The van der Waals surface area contributed by atoms with E-state index >= 15 is 0 Å². The monoisotopic (exact) mass is 277 g/mol. The van der Waals surface area contributed by atoms with Crippen molar-refractivity contribution in [2.24, 2.45) is 11.2 Å². The molecule has 0 spiro atoms. The highest BCUT2D eigenvalue weighted by Gasteiger charge is 2.33. The van der Waals surface area contributed by atoms with Crippen LogP contribution in [0.5, 0.6) is 0 Å². The zero-order valence-corrected chi connectivity index (χ0v) is 10.5. The lowest BCUT2D eigenvalue weighted by molar-refractivity contribution is -0.709. The van der Waals surface area contributed by atoms with Gasteiger partial charge in [0.25, 0.3) is 6.29 Å². The van der Waals surface area contributed by atoms with Gasteiger partial charge in [0.05, 0.1) is 31.1 Å². The topological polar surface area (TPSA) is 124 Å². The number of carboxylic acid groups (broad SMARTS) is 1. The number of nitrogens with zero attached hydrogens (tertiary/aromatic N) is 3. The number of hydrogen-bond donors (Lipinski definition) is 1. The minimum absolute atomic E-state index is 0.0535. The summed E-state index contributed by atoms with van der Waals surface area (Å²) in [5.41, 5.74) is 0. The fraction of sp³-hybridized carbons (Fsp3) is 0.778. The molecule has 1 aliphatic rings. The summed E-state index contributed by atoms with van der Waals surface area (Å²) in [5, 5.41) is 24.6. The molecule has 1 heterocycles. The summed E-state index contributed by atoms with van der Waals surface area (Å²) in [7, 11) is 1.13. The van der Waals surface area contributed by atoms with E-state index in [1.54, 1.807) is 0 Å². The largest absolute Gasteiger partial charge is 0.569 e. The molecule has 0 bridgehead atoms. The third kappa shape index (κ3) is 4.48. The van der Waals surface area contributed by atoms with Gasteiger partial charge in [0, 0.05) is 6.92 Å². The fourth-order valence-corrected chi connectivity index (χ4v) is 1.46. The predicted octanol–water partition coefficient (Wildman–Crippen LogP) is 0.331. The SMILES string of the molecule is COC(=O)OC(C)O/N=[N+](\[O-])N1CCC(C(=O)O)C1. The van der Waals surface area contributed by atoms with Crippen molar-refractivity contribution in [3.8, 4) is 0 Å². The Morgan fingerprint density at radius 3 is 2.79 bits per heavy atom. The van der Waals surface area contributed by atoms with Gasteiger partial charge in [-0.15, -0.1) is 5.01 Å². The lowest BCUT2D eigenvalue weighted by Crippen LogP contribution is -2.30. The van der Waals surface area contributed by atoms with Crippen LogP contribution in [0.4, 0.5) is 4.79 Å². The van der Waals surface area contributed by atoms with Crippen LogP contribution < -0.4 is 0 Å². The average molecular weight is 277 g/mol. The zero-order valence-electron chi connectivity index (χ0n) is 10.5. The van der Waals surface area contributed by atoms with E-state index < -0.39 is 24.3 Å². The molecule has 1 saturated heterocycles. The molecule has 10 nitrogen and oxygen atoms in total. The van der Waals surface area contributed by atoms with Gasteiger partial charge in [-0.05, 0) is 6.42 Å². The van der Waals surface area contributed by atoms with Gasteiger partial charge in [-0.1, -0.05) is 0 Å². The molecule has 0 aromatic heterocycles. The first kappa shape index (κ1) is 14.8. The summed E-state index contributed by atoms with van der Waals surface area (Å²) in [4.78, 5) is 26.2. The predicted molar refractivity (Wildman–Crippen MR) is 57.4 cm³/mol. The Hall–Kier alpha value is -2.26. The molecule has 0 radical (unpaired) electrons. The third-order valence-corrected chi connectivity index (χ3v) is 2.45. The maximum atomic E-state index is 11.5. The maximum absolute atomic E-state index is 11.5. The molecule has 0 aliphatic carbocycles. The third-order valence-electron chi connectivity index (χ3n) is 2.45. The Kier molecular flexibility index (Phi) is 5.15. The summed E-state index contributed by atoms with van der Waals surface area (Å²) in [6.45, 7) is 1.66. The number of ether oxygens (including phenoxy) is 2. The van der Waals surface area contributed by atoms with Crippen LogP contribution in [0, 0.1) is 11.1 Å². The highest BCUT2D eigenvalue weighted by atomic mass is 16.8. The van der Waals surface area contributed by atoms with Gasteiger partial charge in [-0.2, -0.15) is 0 Å². The lowest BCUT2D eigenvalue weighted by Gasteiger charge is -2.12. The van der Waals surface area contributed by atoms with Crippen molar-refractivity contribution in [1.82, 2.24) is 5.01 Å². The Labute approximate surface area is 108 Å². The lowest BCUT2D eigenvalue weighted by atomic mass is 10.1. The molecule has 0 aromatic carbocycles. The smallest absolute Gasteiger partial charge is 0.511 e. The second kappa shape index (κ2) is 6.61. The number of hydrogen-bond acceptors (Lipinski definition) is 7. The summed E-state index contributed by atoms with van der Waals surface area (Å²) in [6, 6.07) is 0. The van der Waals surface area contributed by atoms with Crippen molar-refractivity contribution < 1.29 is 34.0 Å². The van der Waals surface area contributed by atoms with E-state index in [1.807, 2.05) is 0 Å². The minimum atomic E-state index is -1.10. The quantitative estimate of drug-likeness (QED) is 0.250. The second-order valence-electron chi connectivity index (χ2n) is 3.82. The van der Waals surface area contributed by atoms with Gasteiger partial charge in [0.15, 0.2) is 0 Å². The molecule has 1 aliphatic heterocycles. The molecule has 0 amide bonds. The minimum Gasteiger partial charge on any atom is -0.569 e. The number of carboxylic acids is 1. The number of rotatable bonds is 5. The van der Waals surface area contributed by atoms with Gasteiger partial charge < -0.3 is 19.8 Å². The Balaban J connectivity index is 2.41. The van der Waals surface area contributed by atoms with Crippen LogP contribution in [0.1, 0.15) is 13.3 Å². The first-order valence-corrected chi connectivity index (χ1v) is 5.50. The number of carbonyl (C=O) groups is 2. The molecule has 0 aromatic rings. The summed E-state index contributed by atoms with van der Waals surface area (Å²) < 4.78 is 8.73. The number of hydrazine groups is 1. The molecular weight excluding hydrogens is 262 g/mol. The van der Waals surface area contributed by atoms with Crippen molar-refractivity contribution >= 4 is 12.1 Å². The van der Waals surface area contributed by atoms with E-state index in [2.05, 4.69) is 19.6 Å². The molecule has 0 saturated carbocycles. The first-order valence-electron chi connectivity index (χ1n) is 5.50. The van der Waals surface area contributed by atoms with Crippen molar-refractivity contribution in [1.29, 1.82) is 0 Å². The Bertz CT molecular complexity index is 373. The molecule has 10 heteroatoms. The van der Waals surface area contributed by atoms with E-state index in [4.69, 9.17) is 5.11 Å². The zero-order chi connectivity index (χ0) is 14.4. The van der Waals surface area contributed by atoms with Crippen LogP contribution in [0.15, 0.2) is 5.28 Å². The van der Waals surface area contributed by atoms with Gasteiger partial charge in [-0.3, -0.25) is 9.63 Å². The van der Waals surface area contributed by atoms with Crippen molar-refractivity contribution in [3.05, 3.63) is 5.21 Å². The summed E-state index contributed by atoms with van der Waals surface area (Å²) in [6.07, 6.45) is -1.70. The fourth-order valence-electron chi connectivity index (χ4n) is 1.46. The highest BCUT2D eigenvalue weighted by Crippen LogP contribution is 2.16. The van der Waals surface area contributed by atoms with Crippen LogP contribution in [-0.2, 0) is 19.1 Å². The molecular formula is C9H15N3O7. The molecule has 1 N–H and O–H groups in total. The Morgan fingerprint density at radius 1 is 1.58 bits per heavy atom. The normalized spacial score (nSPS) is 20.8. The Morgan fingerprint density at radius 2 is 2.26 bits per heavy atom. The first-order chi connectivity index (χ1) is 8.93. The van der Waals surface area contributed by atoms with Crippen molar-refractivity contribution in [2.45, 2.75) is 19.6 Å². The highest BCUT2D eigenvalue weighted by molar-refractivity contribution is 5.70. The molecule has 108 valence electrons. The van der Waals surface area contributed by atoms with Crippen molar-refractivity contribution in [2.75, 3.05) is 20.2 Å². The standard InChI is InChI=1S/C9H15N3O7/c1-6(18-9(15)17-2)19-10-12(16)11-4-3-7(5-11)8(13)14/h6-7H,3-5H2,1-2H3,(H,13,14)/b12-10-. The van der Waals surface area contributed by atoms with E-state index in [1.165, 1.54) is 11.9 Å². The molecule has 19 heavy (non-hydrogen) atoms. The van der Waals surface area contributed by atoms with Crippen LogP contribution in [-0.4, -0.2) is 53.7 Å². The van der Waals surface area contributed by atoms with E-state index in [0.29, 0.717) is 6.42 Å². The van der Waals surface area contributed by atoms with Crippen LogP contribution in [0.3, 0.4) is 0 Å².